The Morgan fingerprint density at radius 2 is 2.08 bits per heavy atom. The third-order valence-corrected chi connectivity index (χ3v) is 4.30. The Bertz CT molecular complexity index is 298. The summed E-state index contributed by atoms with van der Waals surface area (Å²) >= 11 is 0. The molecule has 0 aromatic carbocycles. The molecule has 4 heteroatoms. The minimum absolute atomic E-state index is 0.261. The van der Waals surface area contributed by atoms with E-state index >= 15 is 0 Å². The molecule has 1 aliphatic heterocycles. The van der Waals surface area contributed by atoms with Gasteiger partial charge in [-0.05, 0) is 26.3 Å². The molecule has 0 aromatic rings. The van der Waals surface area contributed by atoms with Crippen molar-refractivity contribution >= 4 is 9.84 Å². The average molecular weight is 190 g/mol. The van der Waals surface area contributed by atoms with E-state index in [1.807, 2.05) is 13.8 Å². The molecule has 0 N–H and O–H groups in total. The largest absolute Gasteiger partial charge is 0.500 e. The highest BCUT2D eigenvalue weighted by Gasteiger charge is 2.57. The predicted molar refractivity (Wildman–Crippen MR) is 47.6 cm³/mol. The van der Waals surface area contributed by atoms with Crippen molar-refractivity contribution in [2.75, 3.05) is 12.4 Å². The third-order valence-electron chi connectivity index (χ3n) is 1.87. The summed E-state index contributed by atoms with van der Waals surface area (Å²) < 4.78 is 26.4. The Morgan fingerprint density at radius 3 is 2.42 bits per heavy atom. The maximum atomic E-state index is 11.0. The lowest BCUT2D eigenvalue weighted by atomic mass is 10.2. The number of hydrogen-bond donors (Lipinski definition) is 0. The van der Waals surface area contributed by atoms with E-state index in [9.17, 15) is 8.42 Å². The van der Waals surface area contributed by atoms with E-state index in [0.29, 0.717) is 0 Å². The molecule has 0 radical (unpaired) electrons. The standard InChI is InChI=1S/C8H14O3S/c1-7(2)4-11-5-8(3)6-12(8,9)10/h4H,5-6H2,1-3H3. The number of allylic oxidation sites excluding steroid dienone is 1. The normalized spacial score (nSPS) is 30.9. The summed E-state index contributed by atoms with van der Waals surface area (Å²) in [6, 6.07) is 0. The lowest BCUT2D eigenvalue weighted by Crippen LogP contribution is -2.14. The SMILES string of the molecule is CC(C)=COCC1(C)CS1(=O)=O. The molecule has 1 saturated heterocycles. The fourth-order valence-corrected chi connectivity index (χ4v) is 2.25. The van der Waals surface area contributed by atoms with Crippen molar-refractivity contribution in [1.82, 2.24) is 0 Å². The predicted octanol–water partition coefficient (Wildman–Crippen LogP) is 1.11. The van der Waals surface area contributed by atoms with E-state index in [1.54, 1.807) is 13.2 Å². The van der Waals surface area contributed by atoms with Crippen LogP contribution in [0.2, 0.25) is 0 Å². The van der Waals surface area contributed by atoms with E-state index in [1.165, 1.54) is 0 Å². The van der Waals surface area contributed by atoms with Crippen molar-refractivity contribution in [2.24, 2.45) is 0 Å². The van der Waals surface area contributed by atoms with Gasteiger partial charge in [0.05, 0.1) is 12.0 Å². The zero-order chi connectivity index (χ0) is 9.41. The van der Waals surface area contributed by atoms with Crippen LogP contribution in [0.3, 0.4) is 0 Å². The van der Waals surface area contributed by atoms with E-state index in [0.717, 1.165) is 5.57 Å². The minimum Gasteiger partial charge on any atom is -0.500 e. The van der Waals surface area contributed by atoms with Gasteiger partial charge in [-0.15, -0.1) is 0 Å². The Hall–Kier alpha value is -0.510. The van der Waals surface area contributed by atoms with Gasteiger partial charge in [0.25, 0.3) is 0 Å². The fraction of sp³-hybridized carbons (Fsp3) is 0.750. The second kappa shape index (κ2) is 2.76. The molecule has 12 heavy (non-hydrogen) atoms. The molecule has 0 aliphatic carbocycles. The molecule has 0 bridgehead atoms. The molecule has 1 atom stereocenters. The van der Waals surface area contributed by atoms with Gasteiger partial charge in [0, 0.05) is 0 Å². The highest BCUT2D eigenvalue weighted by Crippen LogP contribution is 2.36. The molecule has 1 unspecified atom stereocenters. The van der Waals surface area contributed by atoms with Crippen LogP contribution in [0.4, 0.5) is 0 Å². The summed E-state index contributed by atoms with van der Waals surface area (Å²) in [7, 11) is -2.81. The highest BCUT2D eigenvalue weighted by molar-refractivity contribution is 8.00. The van der Waals surface area contributed by atoms with Gasteiger partial charge in [-0.2, -0.15) is 0 Å². The second-order valence-corrected chi connectivity index (χ2v) is 6.22. The molecule has 0 amide bonds. The second-order valence-electron chi connectivity index (χ2n) is 3.72. The summed E-state index contributed by atoms with van der Waals surface area (Å²) in [4.78, 5) is 0. The first-order valence-corrected chi connectivity index (χ1v) is 5.50. The van der Waals surface area contributed by atoms with Gasteiger partial charge in [0.1, 0.15) is 11.4 Å². The first-order chi connectivity index (χ1) is 5.37. The van der Waals surface area contributed by atoms with Crippen molar-refractivity contribution in [3.8, 4) is 0 Å². The number of rotatable bonds is 3. The number of hydrogen-bond acceptors (Lipinski definition) is 3. The van der Waals surface area contributed by atoms with Crippen LogP contribution in [0.15, 0.2) is 11.8 Å². The van der Waals surface area contributed by atoms with Crippen LogP contribution >= 0.6 is 0 Å². The molecule has 70 valence electrons. The van der Waals surface area contributed by atoms with Crippen molar-refractivity contribution in [3.05, 3.63) is 11.8 Å². The fourth-order valence-electron chi connectivity index (χ4n) is 0.889. The van der Waals surface area contributed by atoms with Gasteiger partial charge in [-0.25, -0.2) is 8.42 Å². The molecule has 1 rings (SSSR count). The van der Waals surface area contributed by atoms with Gasteiger partial charge in [0.2, 0.25) is 0 Å². The van der Waals surface area contributed by atoms with Crippen LogP contribution in [-0.2, 0) is 14.6 Å². The van der Waals surface area contributed by atoms with E-state index < -0.39 is 14.6 Å². The Morgan fingerprint density at radius 1 is 1.58 bits per heavy atom. The summed E-state index contributed by atoms with van der Waals surface area (Å²) in [6.07, 6.45) is 1.60. The topological polar surface area (TPSA) is 43.4 Å². The van der Waals surface area contributed by atoms with Gasteiger partial charge >= 0.3 is 0 Å². The van der Waals surface area contributed by atoms with Crippen LogP contribution in [0, 0.1) is 0 Å². The smallest absolute Gasteiger partial charge is 0.161 e. The summed E-state index contributed by atoms with van der Waals surface area (Å²) in [5.74, 6) is 0.261. The maximum absolute atomic E-state index is 11.0. The quantitative estimate of drug-likeness (QED) is 0.494. The van der Waals surface area contributed by atoms with E-state index in [4.69, 9.17) is 4.74 Å². The van der Waals surface area contributed by atoms with Crippen molar-refractivity contribution in [1.29, 1.82) is 0 Å². The van der Waals surface area contributed by atoms with Gasteiger partial charge in [-0.1, -0.05) is 0 Å². The third kappa shape index (κ3) is 1.80. The molecule has 1 heterocycles. The van der Waals surface area contributed by atoms with Crippen LogP contribution in [0.1, 0.15) is 20.8 Å². The molecule has 1 aliphatic rings. The molecule has 3 nitrogen and oxygen atoms in total. The lowest BCUT2D eigenvalue weighted by Gasteiger charge is -2.04. The first kappa shape index (κ1) is 9.58. The average Bonchev–Trinajstić information content (AvgIpc) is 2.30. The zero-order valence-electron chi connectivity index (χ0n) is 7.62. The Balaban J connectivity index is 2.41. The van der Waals surface area contributed by atoms with Crippen LogP contribution in [0.5, 0.6) is 0 Å². The van der Waals surface area contributed by atoms with E-state index in [2.05, 4.69) is 0 Å². The monoisotopic (exact) mass is 190 g/mol. The highest BCUT2D eigenvalue weighted by atomic mass is 32.2. The Labute approximate surface area is 73.3 Å². The lowest BCUT2D eigenvalue weighted by molar-refractivity contribution is 0.232. The van der Waals surface area contributed by atoms with Crippen LogP contribution in [0.25, 0.3) is 0 Å². The van der Waals surface area contributed by atoms with Crippen LogP contribution in [-0.4, -0.2) is 25.5 Å². The van der Waals surface area contributed by atoms with Gasteiger partial charge in [0.15, 0.2) is 9.84 Å². The van der Waals surface area contributed by atoms with Gasteiger partial charge < -0.3 is 4.74 Å². The minimum atomic E-state index is -2.81. The first-order valence-electron chi connectivity index (χ1n) is 3.85. The molecule has 0 saturated carbocycles. The zero-order valence-corrected chi connectivity index (χ0v) is 8.44. The van der Waals surface area contributed by atoms with E-state index in [-0.39, 0.29) is 12.4 Å². The van der Waals surface area contributed by atoms with Crippen molar-refractivity contribution in [3.63, 3.8) is 0 Å². The van der Waals surface area contributed by atoms with Crippen molar-refractivity contribution in [2.45, 2.75) is 25.5 Å². The van der Waals surface area contributed by atoms with Crippen LogP contribution < -0.4 is 0 Å². The Kier molecular flexibility index (Phi) is 2.21. The molecule has 0 aromatic heterocycles. The summed E-state index contributed by atoms with van der Waals surface area (Å²) in [5, 5.41) is 0. The number of ether oxygens (including phenoxy) is 1. The maximum Gasteiger partial charge on any atom is 0.161 e. The molecule has 0 spiro atoms. The van der Waals surface area contributed by atoms with Crippen molar-refractivity contribution < 1.29 is 13.2 Å². The molecular formula is C8H14O3S. The summed E-state index contributed by atoms with van der Waals surface area (Å²) in [6.45, 7) is 5.80. The molecular weight excluding hydrogens is 176 g/mol. The molecule has 1 fully saturated rings. The summed E-state index contributed by atoms with van der Waals surface area (Å²) in [5.41, 5.74) is 1.04. The number of sulfone groups is 1. The van der Waals surface area contributed by atoms with Gasteiger partial charge in [-0.3, -0.25) is 0 Å².